The van der Waals surface area contributed by atoms with E-state index >= 15 is 0 Å². The highest BCUT2D eigenvalue weighted by Gasteiger charge is 2.31. The van der Waals surface area contributed by atoms with Crippen molar-refractivity contribution in [1.29, 1.82) is 0 Å². The van der Waals surface area contributed by atoms with E-state index < -0.39 is 0 Å². The van der Waals surface area contributed by atoms with Crippen LogP contribution in [0.5, 0.6) is 0 Å². The number of carbonyl (C=O) groups excluding carboxylic acids is 1. The molecule has 2 aromatic heterocycles. The Morgan fingerprint density at radius 3 is 2.67 bits per heavy atom. The summed E-state index contributed by atoms with van der Waals surface area (Å²) in [7, 11) is 0. The largest absolute Gasteiger partial charge is 0.337 e. The first-order valence-corrected chi connectivity index (χ1v) is 9.40. The number of amides is 1. The molecule has 4 rings (SSSR count). The first kappa shape index (κ1) is 17.8. The lowest BCUT2D eigenvalue weighted by Gasteiger charge is -2.31. The SMILES string of the molecule is [CH2+]c1ccccc1C1CCN(C(=O)c2c(CN)nc3ccc(Cl)nn23)CC1. The van der Waals surface area contributed by atoms with Crippen molar-refractivity contribution in [2.24, 2.45) is 5.73 Å². The fourth-order valence-electron chi connectivity index (χ4n) is 3.79. The van der Waals surface area contributed by atoms with Gasteiger partial charge in [0.2, 0.25) is 0 Å². The van der Waals surface area contributed by atoms with Crippen LogP contribution >= 0.6 is 11.6 Å². The van der Waals surface area contributed by atoms with Gasteiger partial charge in [0, 0.05) is 38.5 Å². The van der Waals surface area contributed by atoms with Crippen LogP contribution in [0.2, 0.25) is 5.15 Å². The second-order valence-corrected chi connectivity index (χ2v) is 7.19. The lowest BCUT2D eigenvalue weighted by atomic mass is 9.87. The standard InChI is InChI=1S/C20H21ClN5O/c1-13-4-2-3-5-15(13)14-8-10-25(11-9-14)20(27)19-16(12-22)23-18-7-6-17(21)24-26(18)19/h2-7,14H,1,8-12,22H2/q+1. The van der Waals surface area contributed by atoms with Crippen molar-refractivity contribution < 1.29 is 4.79 Å². The monoisotopic (exact) mass is 382 g/mol. The minimum Gasteiger partial charge on any atom is -0.337 e. The van der Waals surface area contributed by atoms with Gasteiger partial charge in [0.15, 0.2) is 11.3 Å². The Morgan fingerprint density at radius 1 is 1.22 bits per heavy atom. The van der Waals surface area contributed by atoms with E-state index in [4.69, 9.17) is 17.3 Å². The predicted molar refractivity (Wildman–Crippen MR) is 105 cm³/mol. The number of carbonyl (C=O) groups is 1. The number of halogens is 1. The summed E-state index contributed by atoms with van der Waals surface area (Å²) in [6, 6.07) is 11.6. The summed E-state index contributed by atoms with van der Waals surface area (Å²) >= 11 is 6.01. The number of aromatic nitrogens is 3. The molecule has 0 radical (unpaired) electrons. The molecule has 1 aromatic carbocycles. The molecule has 3 heterocycles. The van der Waals surface area contributed by atoms with E-state index in [9.17, 15) is 4.79 Å². The minimum absolute atomic E-state index is 0.0981. The van der Waals surface area contributed by atoms with E-state index in [1.165, 1.54) is 10.1 Å². The Morgan fingerprint density at radius 2 is 1.96 bits per heavy atom. The van der Waals surface area contributed by atoms with Crippen LogP contribution in [0.25, 0.3) is 5.65 Å². The van der Waals surface area contributed by atoms with Gasteiger partial charge in [0.1, 0.15) is 10.7 Å². The lowest BCUT2D eigenvalue weighted by Crippen LogP contribution is -2.39. The van der Waals surface area contributed by atoms with Gasteiger partial charge in [-0.25, -0.2) is 9.50 Å². The molecule has 1 aliphatic rings. The highest BCUT2D eigenvalue weighted by Crippen LogP contribution is 2.31. The molecule has 1 amide bonds. The molecule has 0 spiro atoms. The molecule has 0 atom stereocenters. The fourth-order valence-corrected chi connectivity index (χ4v) is 3.93. The molecule has 0 saturated carbocycles. The van der Waals surface area contributed by atoms with Crippen LogP contribution in [0.1, 0.15) is 46.1 Å². The predicted octanol–water partition coefficient (Wildman–Crippen LogP) is 3.04. The Balaban J connectivity index is 1.57. The molecule has 138 valence electrons. The highest BCUT2D eigenvalue weighted by molar-refractivity contribution is 6.29. The average molecular weight is 383 g/mol. The zero-order valence-corrected chi connectivity index (χ0v) is 15.7. The Labute approximate surface area is 162 Å². The van der Waals surface area contributed by atoms with Crippen LogP contribution < -0.4 is 5.73 Å². The molecule has 0 unspecified atom stereocenters. The molecular formula is C20H21ClN5O+. The van der Waals surface area contributed by atoms with E-state index in [1.54, 1.807) is 12.1 Å². The molecule has 2 N–H and O–H groups in total. The fraction of sp³-hybridized carbons (Fsp3) is 0.300. The number of hydrogen-bond acceptors (Lipinski definition) is 4. The number of imidazole rings is 1. The Hall–Kier alpha value is -2.57. The average Bonchev–Trinajstić information content (AvgIpc) is 3.05. The maximum Gasteiger partial charge on any atom is 0.274 e. The van der Waals surface area contributed by atoms with E-state index in [0.29, 0.717) is 41.2 Å². The van der Waals surface area contributed by atoms with Gasteiger partial charge in [-0.1, -0.05) is 11.6 Å². The van der Waals surface area contributed by atoms with Crippen molar-refractivity contribution in [3.8, 4) is 0 Å². The number of nitrogens with two attached hydrogens (primary N) is 1. The molecule has 1 aliphatic heterocycles. The zero-order chi connectivity index (χ0) is 19.0. The topological polar surface area (TPSA) is 76.5 Å². The number of fused-ring (bicyclic) bond motifs is 1. The lowest BCUT2D eigenvalue weighted by molar-refractivity contribution is 0.0703. The Kier molecular flexibility index (Phi) is 4.76. The highest BCUT2D eigenvalue weighted by atomic mass is 35.5. The number of rotatable bonds is 3. The van der Waals surface area contributed by atoms with Crippen LogP contribution in [0.15, 0.2) is 36.4 Å². The summed E-state index contributed by atoms with van der Waals surface area (Å²) in [5.41, 5.74) is 9.68. The normalized spacial score (nSPS) is 15.4. The number of nitrogens with zero attached hydrogens (tertiary/aromatic N) is 4. The summed E-state index contributed by atoms with van der Waals surface area (Å²) in [5.74, 6) is 0.325. The molecule has 7 heteroatoms. The molecule has 1 saturated heterocycles. The van der Waals surface area contributed by atoms with Gasteiger partial charge < -0.3 is 10.6 Å². The van der Waals surface area contributed by atoms with E-state index in [0.717, 1.165) is 18.4 Å². The number of likely N-dealkylation sites (tertiary alicyclic amines) is 1. The van der Waals surface area contributed by atoms with Crippen LogP contribution in [-0.4, -0.2) is 38.5 Å². The third-order valence-corrected chi connectivity index (χ3v) is 5.39. The first-order chi connectivity index (χ1) is 13.1. The molecule has 0 aliphatic carbocycles. The smallest absolute Gasteiger partial charge is 0.274 e. The number of hydrogen-bond donors (Lipinski definition) is 1. The third kappa shape index (κ3) is 3.26. The molecule has 6 nitrogen and oxygen atoms in total. The van der Waals surface area contributed by atoms with Crippen molar-refractivity contribution in [3.63, 3.8) is 0 Å². The first-order valence-electron chi connectivity index (χ1n) is 9.03. The van der Waals surface area contributed by atoms with E-state index in [1.807, 2.05) is 23.1 Å². The van der Waals surface area contributed by atoms with Crippen LogP contribution in [-0.2, 0) is 6.54 Å². The third-order valence-electron chi connectivity index (χ3n) is 5.19. The molecule has 27 heavy (non-hydrogen) atoms. The summed E-state index contributed by atoms with van der Waals surface area (Å²) in [4.78, 5) is 19.5. The zero-order valence-electron chi connectivity index (χ0n) is 14.9. The van der Waals surface area contributed by atoms with Crippen molar-refractivity contribution in [2.75, 3.05) is 13.1 Å². The van der Waals surface area contributed by atoms with Gasteiger partial charge in [-0.15, -0.1) is 0 Å². The van der Waals surface area contributed by atoms with Crippen LogP contribution in [0, 0.1) is 6.92 Å². The van der Waals surface area contributed by atoms with Gasteiger partial charge in [0.05, 0.1) is 11.3 Å². The quantitative estimate of drug-likeness (QED) is 0.706. The van der Waals surface area contributed by atoms with Crippen molar-refractivity contribution in [2.45, 2.75) is 25.3 Å². The van der Waals surface area contributed by atoms with Crippen molar-refractivity contribution in [3.05, 3.63) is 71.0 Å². The van der Waals surface area contributed by atoms with Crippen molar-refractivity contribution >= 4 is 23.2 Å². The maximum absolute atomic E-state index is 13.2. The minimum atomic E-state index is -0.0981. The summed E-state index contributed by atoms with van der Waals surface area (Å²) in [6.07, 6.45) is 1.81. The van der Waals surface area contributed by atoms with E-state index in [2.05, 4.69) is 23.1 Å². The van der Waals surface area contributed by atoms with Gasteiger partial charge in [-0.05, 0) is 43.2 Å². The molecular weight excluding hydrogens is 362 g/mol. The second kappa shape index (κ2) is 7.21. The van der Waals surface area contributed by atoms with Gasteiger partial charge in [0.25, 0.3) is 5.91 Å². The van der Waals surface area contributed by atoms with E-state index in [-0.39, 0.29) is 12.5 Å². The van der Waals surface area contributed by atoms with Gasteiger partial charge >= 0.3 is 0 Å². The number of benzene rings is 1. The molecule has 1 fully saturated rings. The van der Waals surface area contributed by atoms with Gasteiger partial charge in [-0.2, -0.15) is 5.10 Å². The van der Waals surface area contributed by atoms with Crippen molar-refractivity contribution in [1.82, 2.24) is 19.5 Å². The summed E-state index contributed by atoms with van der Waals surface area (Å²) < 4.78 is 1.50. The summed E-state index contributed by atoms with van der Waals surface area (Å²) in [6.45, 7) is 5.66. The maximum atomic E-state index is 13.2. The van der Waals surface area contributed by atoms with Crippen LogP contribution in [0.4, 0.5) is 0 Å². The number of piperidine rings is 1. The van der Waals surface area contributed by atoms with Gasteiger partial charge in [-0.3, -0.25) is 4.79 Å². The second-order valence-electron chi connectivity index (χ2n) is 6.80. The molecule has 3 aromatic rings. The van der Waals surface area contributed by atoms with Crippen LogP contribution in [0.3, 0.4) is 0 Å². The molecule has 0 bridgehead atoms. The Bertz CT molecular complexity index is 991. The summed E-state index contributed by atoms with van der Waals surface area (Å²) in [5, 5.41) is 4.55.